The fraction of sp³-hybridized carbons (Fsp3) is 0.619. The molecule has 6 heteroatoms. The van der Waals surface area contributed by atoms with Crippen molar-refractivity contribution in [2.45, 2.75) is 52.1 Å². The summed E-state index contributed by atoms with van der Waals surface area (Å²) in [5.41, 5.74) is 1.08. The van der Waals surface area contributed by atoms with Crippen molar-refractivity contribution in [1.82, 2.24) is 15.5 Å². The quantitative estimate of drug-likeness (QED) is 0.570. The Kier molecular flexibility index (Phi) is 6.96. The lowest BCUT2D eigenvalue weighted by Gasteiger charge is -2.33. The maximum atomic E-state index is 11.8. The molecule has 1 amide bonds. The third kappa shape index (κ3) is 6.45. The van der Waals surface area contributed by atoms with Crippen molar-refractivity contribution in [3.05, 3.63) is 29.8 Å². The number of hydrogen-bond donors (Lipinski definition) is 2. The zero-order valence-electron chi connectivity index (χ0n) is 16.5. The predicted octanol–water partition coefficient (Wildman–Crippen LogP) is 2.54. The van der Waals surface area contributed by atoms with E-state index < -0.39 is 0 Å². The number of carbonyl (C=O) groups is 1. The summed E-state index contributed by atoms with van der Waals surface area (Å²) in [7, 11) is 0. The number of likely N-dealkylation sites (tertiary alicyclic amines) is 1. The summed E-state index contributed by atoms with van der Waals surface area (Å²) >= 11 is 0. The number of piperidine rings is 1. The third-order valence-electron chi connectivity index (χ3n) is 5.04. The van der Waals surface area contributed by atoms with Gasteiger partial charge in [-0.2, -0.15) is 0 Å². The highest BCUT2D eigenvalue weighted by Crippen LogP contribution is 2.19. The minimum Gasteiger partial charge on any atom is -0.484 e. The van der Waals surface area contributed by atoms with Crippen LogP contribution in [0.4, 0.5) is 0 Å². The van der Waals surface area contributed by atoms with Crippen LogP contribution in [0.5, 0.6) is 5.75 Å². The summed E-state index contributed by atoms with van der Waals surface area (Å²) in [5, 5.41) is 6.34. The van der Waals surface area contributed by atoms with Gasteiger partial charge >= 0.3 is 0 Å². The Morgan fingerprint density at radius 2 is 2.04 bits per heavy atom. The van der Waals surface area contributed by atoms with Crippen LogP contribution < -0.4 is 15.4 Å². The summed E-state index contributed by atoms with van der Waals surface area (Å²) in [6.45, 7) is 8.07. The normalized spacial score (nSPS) is 18.3. The fourth-order valence-electron chi connectivity index (χ4n) is 3.19. The van der Waals surface area contributed by atoms with Gasteiger partial charge in [0.2, 0.25) is 0 Å². The number of guanidine groups is 1. The van der Waals surface area contributed by atoms with Gasteiger partial charge in [-0.3, -0.25) is 4.79 Å². The van der Waals surface area contributed by atoms with E-state index in [1.807, 2.05) is 24.3 Å². The molecule has 2 fully saturated rings. The zero-order valence-corrected chi connectivity index (χ0v) is 16.5. The van der Waals surface area contributed by atoms with Crippen LogP contribution >= 0.6 is 0 Å². The Hall–Kier alpha value is -2.24. The van der Waals surface area contributed by atoms with Crippen LogP contribution in [-0.2, 0) is 11.3 Å². The molecule has 1 aliphatic carbocycles. The molecule has 1 aromatic rings. The van der Waals surface area contributed by atoms with Gasteiger partial charge in [0, 0.05) is 25.7 Å². The molecule has 6 nitrogen and oxygen atoms in total. The number of hydrogen-bond acceptors (Lipinski definition) is 3. The standard InChI is InChI=1S/C21H32N4O2/c1-3-22-21(25-11-9-16(2)10-12-25)23-14-17-5-4-6-19(13-17)27-15-20(26)24-18-7-8-18/h4-6,13,16,18H,3,7-12,14-15H2,1-2H3,(H,22,23)(H,24,26). The highest BCUT2D eigenvalue weighted by Gasteiger charge is 2.23. The molecule has 0 bridgehead atoms. The van der Waals surface area contributed by atoms with E-state index in [4.69, 9.17) is 9.73 Å². The van der Waals surface area contributed by atoms with Gasteiger partial charge in [-0.25, -0.2) is 4.99 Å². The number of amides is 1. The van der Waals surface area contributed by atoms with Gasteiger partial charge in [0.1, 0.15) is 5.75 Å². The van der Waals surface area contributed by atoms with Crippen molar-refractivity contribution in [2.75, 3.05) is 26.2 Å². The van der Waals surface area contributed by atoms with E-state index in [1.54, 1.807) is 0 Å². The molecule has 27 heavy (non-hydrogen) atoms. The monoisotopic (exact) mass is 372 g/mol. The first-order valence-electron chi connectivity index (χ1n) is 10.2. The number of benzene rings is 1. The second kappa shape index (κ2) is 9.62. The van der Waals surface area contributed by atoms with Crippen LogP contribution in [0.1, 0.15) is 45.1 Å². The molecule has 148 valence electrons. The molecule has 1 saturated carbocycles. The molecule has 1 aliphatic heterocycles. The first-order valence-corrected chi connectivity index (χ1v) is 10.2. The van der Waals surface area contributed by atoms with Gasteiger partial charge < -0.3 is 20.3 Å². The van der Waals surface area contributed by atoms with Crippen LogP contribution in [0.2, 0.25) is 0 Å². The van der Waals surface area contributed by atoms with E-state index in [-0.39, 0.29) is 12.5 Å². The molecule has 0 aromatic heterocycles. The molecule has 1 saturated heterocycles. The Bertz CT molecular complexity index is 649. The first-order chi connectivity index (χ1) is 13.1. The van der Waals surface area contributed by atoms with Crippen molar-refractivity contribution in [1.29, 1.82) is 0 Å². The molecule has 1 heterocycles. The van der Waals surface area contributed by atoms with Crippen molar-refractivity contribution in [3.8, 4) is 5.75 Å². The third-order valence-corrected chi connectivity index (χ3v) is 5.04. The van der Waals surface area contributed by atoms with Crippen molar-refractivity contribution in [3.63, 3.8) is 0 Å². The van der Waals surface area contributed by atoms with Crippen molar-refractivity contribution < 1.29 is 9.53 Å². The van der Waals surface area contributed by atoms with Crippen molar-refractivity contribution >= 4 is 11.9 Å². The lowest BCUT2D eigenvalue weighted by molar-refractivity contribution is -0.123. The van der Waals surface area contributed by atoms with Gasteiger partial charge in [0.15, 0.2) is 12.6 Å². The number of carbonyl (C=O) groups excluding carboxylic acids is 1. The van der Waals surface area contributed by atoms with Gasteiger partial charge in [-0.15, -0.1) is 0 Å². The number of aliphatic imine (C=N–C) groups is 1. The first kappa shape index (κ1) is 19.5. The van der Waals surface area contributed by atoms with E-state index in [0.717, 1.165) is 49.9 Å². The summed E-state index contributed by atoms with van der Waals surface area (Å²) in [4.78, 5) is 18.9. The summed E-state index contributed by atoms with van der Waals surface area (Å²) in [6, 6.07) is 8.21. The second-order valence-electron chi connectivity index (χ2n) is 7.62. The molecular weight excluding hydrogens is 340 g/mol. The smallest absolute Gasteiger partial charge is 0.258 e. The highest BCUT2D eigenvalue weighted by atomic mass is 16.5. The van der Waals surface area contributed by atoms with E-state index in [2.05, 4.69) is 29.4 Å². The molecule has 0 unspecified atom stereocenters. The molecular formula is C21H32N4O2. The number of rotatable bonds is 7. The van der Waals surface area contributed by atoms with Crippen LogP contribution in [0.25, 0.3) is 0 Å². The molecule has 0 atom stereocenters. The molecule has 0 radical (unpaired) electrons. The largest absolute Gasteiger partial charge is 0.484 e. The minimum absolute atomic E-state index is 0.0466. The Labute approximate surface area is 162 Å². The Balaban J connectivity index is 1.54. The van der Waals surface area contributed by atoms with Crippen LogP contribution in [-0.4, -0.2) is 49.0 Å². The summed E-state index contributed by atoms with van der Waals surface area (Å²) < 4.78 is 5.63. The molecule has 3 rings (SSSR count). The van der Waals surface area contributed by atoms with Gasteiger partial charge in [-0.05, 0) is 56.2 Å². The Morgan fingerprint density at radius 1 is 1.26 bits per heavy atom. The molecule has 2 N–H and O–H groups in total. The fourth-order valence-corrected chi connectivity index (χ4v) is 3.19. The Morgan fingerprint density at radius 3 is 2.74 bits per heavy atom. The predicted molar refractivity (Wildman–Crippen MR) is 108 cm³/mol. The van der Waals surface area contributed by atoms with E-state index in [0.29, 0.717) is 18.3 Å². The number of nitrogens with zero attached hydrogens (tertiary/aromatic N) is 2. The van der Waals surface area contributed by atoms with Crippen LogP contribution in [0.15, 0.2) is 29.3 Å². The van der Waals surface area contributed by atoms with Gasteiger partial charge in [0.25, 0.3) is 5.91 Å². The van der Waals surface area contributed by atoms with E-state index >= 15 is 0 Å². The molecule has 2 aliphatic rings. The topological polar surface area (TPSA) is 66.0 Å². The van der Waals surface area contributed by atoms with E-state index in [1.165, 1.54) is 12.8 Å². The van der Waals surface area contributed by atoms with Crippen molar-refractivity contribution in [2.24, 2.45) is 10.9 Å². The number of ether oxygens (including phenoxy) is 1. The summed E-state index contributed by atoms with van der Waals surface area (Å²) in [5.74, 6) is 2.45. The highest BCUT2D eigenvalue weighted by molar-refractivity contribution is 5.80. The average molecular weight is 373 g/mol. The van der Waals surface area contributed by atoms with Gasteiger partial charge in [0.05, 0.1) is 6.54 Å². The molecule has 1 aromatic carbocycles. The minimum atomic E-state index is -0.0466. The second-order valence-corrected chi connectivity index (χ2v) is 7.62. The van der Waals surface area contributed by atoms with Crippen LogP contribution in [0, 0.1) is 5.92 Å². The average Bonchev–Trinajstić information content (AvgIpc) is 3.48. The van der Waals surface area contributed by atoms with E-state index in [9.17, 15) is 4.79 Å². The maximum Gasteiger partial charge on any atom is 0.258 e. The lowest BCUT2D eigenvalue weighted by Crippen LogP contribution is -2.45. The number of nitrogens with one attached hydrogen (secondary N) is 2. The lowest BCUT2D eigenvalue weighted by atomic mass is 10.00. The maximum absolute atomic E-state index is 11.8. The molecule has 0 spiro atoms. The SMILES string of the molecule is CCNC(=NCc1cccc(OCC(=O)NC2CC2)c1)N1CCC(C)CC1. The van der Waals surface area contributed by atoms with Gasteiger partial charge in [-0.1, -0.05) is 19.1 Å². The zero-order chi connectivity index (χ0) is 19.1. The summed E-state index contributed by atoms with van der Waals surface area (Å²) in [6.07, 6.45) is 4.61. The van der Waals surface area contributed by atoms with Crippen LogP contribution in [0.3, 0.4) is 0 Å².